The molecule has 0 fully saturated rings. The number of halogens is 7. The molecule has 2 rings (SSSR count). The van der Waals surface area contributed by atoms with Crippen LogP contribution in [0.2, 0.25) is 0 Å². The Morgan fingerprint density at radius 3 is 1.85 bits per heavy atom. The van der Waals surface area contributed by atoms with Gasteiger partial charge in [0.2, 0.25) is 0 Å². The fourth-order valence-corrected chi connectivity index (χ4v) is 4.99. The Kier molecular flexibility index (Phi) is 7.11. The number of hydrogen-bond acceptors (Lipinski definition) is 3. The lowest BCUT2D eigenvalue weighted by atomic mass is 9.94. The van der Waals surface area contributed by atoms with E-state index in [1.165, 1.54) is 39.0 Å². The first kappa shape index (κ1) is 27.6. The number of alkyl halides is 7. The van der Waals surface area contributed by atoms with Crippen molar-refractivity contribution in [3.05, 3.63) is 35.4 Å². The van der Waals surface area contributed by atoms with E-state index < -0.39 is 69.4 Å². The molecule has 1 aliphatic heterocycles. The van der Waals surface area contributed by atoms with E-state index in [1.54, 1.807) is 20.8 Å². The SMILES string of the molecule is CC(C)(C)OC(=O)C[C@H]1c2ccccc2[C@@H](C(F)(F)C(F)(F)C(F)(F)F)N1S(=O)C(C)(C)C. The molecule has 0 aromatic heterocycles. The van der Waals surface area contributed by atoms with Crippen LogP contribution in [0.25, 0.3) is 0 Å². The van der Waals surface area contributed by atoms with Crippen molar-refractivity contribution in [1.29, 1.82) is 0 Å². The molecular weight excluding hydrogens is 479 g/mol. The number of carbonyl (C=O) groups is 1. The molecule has 1 heterocycles. The molecule has 0 spiro atoms. The minimum absolute atomic E-state index is 0.0939. The number of benzene rings is 1. The lowest BCUT2D eigenvalue weighted by Crippen LogP contribution is -2.58. The number of hydrogen-bond donors (Lipinski definition) is 0. The molecule has 0 N–H and O–H groups in total. The van der Waals surface area contributed by atoms with Gasteiger partial charge in [0.1, 0.15) is 22.6 Å². The Balaban J connectivity index is 2.73. The quantitative estimate of drug-likeness (QED) is 0.358. The number of fused-ring (bicyclic) bond motifs is 1. The average molecular weight is 505 g/mol. The first-order chi connectivity index (χ1) is 14.6. The third kappa shape index (κ3) is 5.21. The lowest BCUT2D eigenvalue weighted by Gasteiger charge is -2.40. The Morgan fingerprint density at radius 1 is 0.939 bits per heavy atom. The van der Waals surface area contributed by atoms with Crippen molar-refractivity contribution in [1.82, 2.24) is 4.31 Å². The van der Waals surface area contributed by atoms with E-state index in [0.29, 0.717) is 4.31 Å². The maximum absolute atomic E-state index is 15.1. The Morgan fingerprint density at radius 2 is 1.42 bits per heavy atom. The molecular formula is C21H26F7NO3S. The van der Waals surface area contributed by atoms with Gasteiger partial charge in [-0.05, 0) is 52.7 Å². The molecule has 0 amide bonds. The van der Waals surface area contributed by atoms with E-state index in [-0.39, 0.29) is 5.56 Å². The molecule has 4 nitrogen and oxygen atoms in total. The standard InChI is InChI=1S/C21H26F7NO3S/c1-17(2,3)32-15(30)11-14-12-9-7-8-10-13(12)16(29(14)33(31)18(4,5)6)19(22,23)20(24,25)21(26,27)28/h7-10,14,16H,11H2,1-6H3/t14-,16-,33?/m0/s1. The van der Waals surface area contributed by atoms with Crippen LogP contribution in [0.15, 0.2) is 24.3 Å². The summed E-state index contributed by atoms with van der Waals surface area (Å²) in [5.74, 6) is -13.0. The van der Waals surface area contributed by atoms with Crippen molar-refractivity contribution < 1.29 is 44.5 Å². The van der Waals surface area contributed by atoms with Gasteiger partial charge in [-0.25, -0.2) is 8.51 Å². The average Bonchev–Trinajstić information content (AvgIpc) is 2.92. The minimum atomic E-state index is -6.57. The van der Waals surface area contributed by atoms with Gasteiger partial charge in [0.25, 0.3) is 0 Å². The topological polar surface area (TPSA) is 46.6 Å². The van der Waals surface area contributed by atoms with Crippen LogP contribution in [0, 0.1) is 0 Å². The molecule has 188 valence electrons. The Hall–Kier alpha value is -1.69. The summed E-state index contributed by atoms with van der Waals surface area (Å²) in [4.78, 5) is 12.5. The van der Waals surface area contributed by atoms with Gasteiger partial charge in [0.05, 0.1) is 17.2 Å². The van der Waals surface area contributed by atoms with Crippen molar-refractivity contribution >= 4 is 17.0 Å². The van der Waals surface area contributed by atoms with E-state index >= 15 is 8.78 Å². The number of ether oxygens (including phenoxy) is 1. The smallest absolute Gasteiger partial charge is 0.459 e. The number of rotatable bonds is 5. The molecule has 0 aliphatic carbocycles. The van der Waals surface area contributed by atoms with Crippen LogP contribution in [-0.4, -0.2) is 42.9 Å². The molecule has 12 heteroatoms. The zero-order valence-electron chi connectivity index (χ0n) is 18.9. The van der Waals surface area contributed by atoms with Gasteiger partial charge in [0.15, 0.2) is 0 Å². The third-order valence-corrected chi connectivity index (χ3v) is 6.72. The summed E-state index contributed by atoms with van der Waals surface area (Å²) in [6.07, 6.45) is -7.25. The van der Waals surface area contributed by atoms with Crippen molar-refractivity contribution in [2.24, 2.45) is 0 Å². The van der Waals surface area contributed by atoms with E-state index in [1.807, 2.05) is 0 Å². The minimum Gasteiger partial charge on any atom is -0.460 e. The van der Waals surface area contributed by atoms with Gasteiger partial charge in [-0.1, -0.05) is 24.3 Å². The van der Waals surface area contributed by atoms with Gasteiger partial charge in [-0.3, -0.25) is 4.79 Å². The maximum Gasteiger partial charge on any atom is 0.459 e. The molecule has 1 aromatic carbocycles. The van der Waals surface area contributed by atoms with Gasteiger partial charge in [-0.2, -0.15) is 30.7 Å². The van der Waals surface area contributed by atoms with E-state index in [9.17, 15) is 31.0 Å². The highest BCUT2D eigenvalue weighted by molar-refractivity contribution is 7.84. The van der Waals surface area contributed by atoms with E-state index in [0.717, 1.165) is 6.07 Å². The summed E-state index contributed by atoms with van der Waals surface area (Å²) in [5, 5.41) is 0. The molecule has 0 saturated carbocycles. The van der Waals surface area contributed by atoms with Crippen LogP contribution < -0.4 is 0 Å². The summed E-state index contributed by atoms with van der Waals surface area (Å²) < 4.78 is 115. The second-order valence-corrected chi connectivity index (χ2v) is 11.9. The third-order valence-electron chi connectivity index (χ3n) is 4.82. The van der Waals surface area contributed by atoms with Crippen molar-refractivity contribution in [3.63, 3.8) is 0 Å². The lowest BCUT2D eigenvalue weighted by molar-refractivity contribution is -0.364. The van der Waals surface area contributed by atoms with Crippen molar-refractivity contribution in [2.75, 3.05) is 0 Å². The first-order valence-electron chi connectivity index (χ1n) is 9.96. The number of nitrogens with zero attached hydrogens (tertiary/aromatic N) is 1. The predicted octanol–water partition coefficient (Wildman–Crippen LogP) is 6.11. The van der Waals surface area contributed by atoms with Crippen LogP contribution in [0.1, 0.15) is 71.2 Å². The predicted molar refractivity (Wildman–Crippen MR) is 108 cm³/mol. The molecule has 0 bridgehead atoms. The summed E-state index contributed by atoms with van der Waals surface area (Å²) in [5.41, 5.74) is -1.63. The summed E-state index contributed by atoms with van der Waals surface area (Å²) >= 11 is 0. The van der Waals surface area contributed by atoms with Gasteiger partial charge in [0, 0.05) is 0 Å². The highest BCUT2D eigenvalue weighted by Gasteiger charge is 2.77. The molecule has 1 aromatic rings. The van der Waals surface area contributed by atoms with Gasteiger partial charge < -0.3 is 4.74 Å². The van der Waals surface area contributed by atoms with E-state index in [2.05, 4.69) is 0 Å². The van der Waals surface area contributed by atoms with Crippen LogP contribution >= 0.6 is 0 Å². The second-order valence-electron chi connectivity index (χ2n) is 9.75. The van der Waals surface area contributed by atoms with Crippen LogP contribution in [0.3, 0.4) is 0 Å². The fraction of sp³-hybridized carbons (Fsp3) is 0.667. The van der Waals surface area contributed by atoms with Crippen molar-refractivity contribution in [2.45, 2.75) is 88.4 Å². The molecule has 1 unspecified atom stereocenters. The molecule has 1 aliphatic rings. The maximum atomic E-state index is 15.1. The van der Waals surface area contributed by atoms with Crippen LogP contribution in [0.4, 0.5) is 30.7 Å². The highest BCUT2D eigenvalue weighted by Crippen LogP contribution is 2.59. The first-order valence-corrected chi connectivity index (χ1v) is 11.1. The number of carbonyl (C=O) groups excluding carboxylic acids is 1. The summed E-state index contributed by atoms with van der Waals surface area (Å²) in [6, 6.07) is 0.388. The monoisotopic (exact) mass is 505 g/mol. The zero-order valence-corrected chi connectivity index (χ0v) is 19.7. The molecule has 0 saturated heterocycles. The highest BCUT2D eigenvalue weighted by atomic mass is 32.2. The van der Waals surface area contributed by atoms with E-state index in [4.69, 9.17) is 4.74 Å². The van der Waals surface area contributed by atoms with Crippen molar-refractivity contribution in [3.8, 4) is 0 Å². The zero-order chi connectivity index (χ0) is 25.8. The van der Waals surface area contributed by atoms with Crippen LogP contribution in [-0.2, 0) is 20.5 Å². The Bertz CT molecular complexity index is 920. The van der Waals surface area contributed by atoms with Gasteiger partial charge >= 0.3 is 24.0 Å². The Labute approximate surface area is 190 Å². The molecule has 33 heavy (non-hydrogen) atoms. The normalized spacial score (nSPS) is 21.6. The fourth-order valence-electron chi connectivity index (χ4n) is 3.50. The second kappa shape index (κ2) is 8.51. The van der Waals surface area contributed by atoms with Gasteiger partial charge in [-0.15, -0.1) is 0 Å². The summed E-state index contributed by atoms with van der Waals surface area (Å²) in [6.45, 7) is 8.69. The number of esters is 1. The largest absolute Gasteiger partial charge is 0.460 e. The van der Waals surface area contributed by atoms with Crippen LogP contribution in [0.5, 0.6) is 0 Å². The molecule has 3 atom stereocenters. The summed E-state index contributed by atoms with van der Waals surface area (Å²) in [7, 11) is -2.50. The molecule has 0 radical (unpaired) electrons.